The second-order valence-corrected chi connectivity index (χ2v) is 7.82. The number of amides is 1. The van der Waals surface area contributed by atoms with Gasteiger partial charge in [0, 0.05) is 17.8 Å². The molecule has 0 aliphatic rings. The van der Waals surface area contributed by atoms with Gasteiger partial charge >= 0.3 is 6.18 Å². The van der Waals surface area contributed by atoms with Crippen LogP contribution >= 0.6 is 12.2 Å². The Kier molecular flexibility index (Phi) is 8.22. The Morgan fingerprint density at radius 1 is 1.00 bits per heavy atom. The number of anilines is 2. The number of rotatable bonds is 7. The zero-order valence-corrected chi connectivity index (χ0v) is 19.5. The number of methoxy groups -OCH3 is 1. The summed E-state index contributed by atoms with van der Waals surface area (Å²) in [7, 11) is 1.31. The van der Waals surface area contributed by atoms with Gasteiger partial charge in [-0.25, -0.2) is 8.78 Å². The van der Waals surface area contributed by atoms with Crippen LogP contribution in [0.3, 0.4) is 0 Å². The molecule has 1 atom stereocenters. The van der Waals surface area contributed by atoms with Crippen LogP contribution in [0.15, 0.2) is 60.7 Å². The number of nitrogens with zero attached hydrogens (tertiary/aromatic N) is 1. The van der Waals surface area contributed by atoms with Gasteiger partial charge in [-0.1, -0.05) is 6.07 Å². The van der Waals surface area contributed by atoms with Crippen molar-refractivity contribution in [2.24, 2.45) is 0 Å². The van der Waals surface area contributed by atoms with E-state index in [0.717, 1.165) is 48.5 Å². The van der Waals surface area contributed by atoms with Gasteiger partial charge in [-0.3, -0.25) is 14.9 Å². The molecule has 0 saturated carbocycles. The number of nitrogens with one attached hydrogen (secondary N) is 3. The lowest BCUT2D eigenvalue weighted by molar-refractivity contribution is -0.384. The lowest BCUT2D eigenvalue weighted by atomic mass is 10.1. The van der Waals surface area contributed by atoms with Gasteiger partial charge in [0.25, 0.3) is 11.6 Å². The monoisotopic (exact) mass is 540 g/mol. The Morgan fingerprint density at radius 2 is 1.68 bits per heavy atom. The standard InChI is InChI=1S/C23H17F5N4O4S/c1-36-19-9-7-15(32(34)35)11-18(19)30-22(37)31-20(12-2-8-16(24)17(25)10-12)21(33)29-14-5-3-13(4-6-14)23(26,27)28/h2-11,20H,1H3,(H,29,33)(H2,30,31,37). The Bertz CT molecular complexity index is 1340. The van der Waals surface area contributed by atoms with E-state index in [0.29, 0.717) is 0 Å². The van der Waals surface area contributed by atoms with Gasteiger partial charge in [-0.15, -0.1) is 0 Å². The largest absolute Gasteiger partial charge is 0.495 e. The first-order valence-corrected chi connectivity index (χ1v) is 10.6. The molecule has 0 saturated heterocycles. The van der Waals surface area contributed by atoms with E-state index in [9.17, 15) is 36.9 Å². The van der Waals surface area contributed by atoms with E-state index in [2.05, 4.69) is 16.0 Å². The molecule has 0 aliphatic carbocycles. The Labute approximate surface area is 211 Å². The number of carbonyl (C=O) groups is 1. The zero-order chi connectivity index (χ0) is 27.3. The minimum absolute atomic E-state index is 0.00776. The van der Waals surface area contributed by atoms with Gasteiger partial charge in [0.15, 0.2) is 16.7 Å². The number of benzene rings is 3. The Balaban J connectivity index is 1.87. The van der Waals surface area contributed by atoms with Crippen LogP contribution in [0.2, 0.25) is 0 Å². The summed E-state index contributed by atoms with van der Waals surface area (Å²) < 4.78 is 71.0. The molecule has 1 amide bonds. The molecule has 14 heteroatoms. The highest BCUT2D eigenvalue weighted by atomic mass is 32.1. The van der Waals surface area contributed by atoms with Crippen LogP contribution in [-0.4, -0.2) is 23.1 Å². The second-order valence-electron chi connectivity index (χ2n) is 7.41. The first-order chi connectivity index (χ1) is 17.4. The molecule has 3 aromatic rings. The van der Waals surface area contributed by atoms with Gasteiger partial charge in [0.1, 0.15) is 11.8 Å². The maximum absolute atomic E-state index is 13.9. The molecule has 0 aliphatic heterocycles. The van der Waals surface area contributed by atoms with E-state index in [1.165, 1.54) is 19.2 Å². The zero-order valence-electron chi connectivity index (χ0n) is 18.7. The number of hydrogen-bond acceptors (Lipinski definition) is 5. The van der Waals surface area contributed by atoms with Crippen molar-refractivity contribution in [3.05, 3.63) is 93.5 Å². The van der Waals surface area contributed by atoms with Crippen molar-refractivity contribution in [1.29, 1.82) is 0 Å². The van der Waals surface area contributed by atoms with Crippen LogP contribution in [0.4, 0.5) is 39.0 Å². The predicted molar refractivity (Wildman–Crippen MR) is 128 cm³/mol. The number of thiocarbonyl (C=S) groups is 1. The number of halogens is 5. The number of nitro groups is 1. The third kappa shape index (κ3) is 6.88. The highest BCUT2D eigenvalue weighted by molar-refractivity contribution is 7.80. The maximum atomic E-state index is 13.9. The van der Waals surface area contributed by atoms with E-state index in [1.807, 2.05) is 0 Å². The van der Waals surface area contributed by atoms with Crippen molar-refractivity contribution >= 4 is 40.3 Å². The summed E-state index contributed by atoms with van der Waals surface area (Å²) >= 11 is 5.21. The number of carbonyl (C=O) groups excluding carboxylic acids is 1. The lowest BCUT2D eigenvalue weighted by Crippen LogP contribution is -2.39. The van der Waals surface area contributed by atoms with Crippen LogP contribution < -0.4 is 20.7 Å². The average Bonchev–Trinajstić information content (AvgIpc) is 2.84. The van der Waals surface area contributed by atoms with E-state index >= 15 is 0 Å². The van der Waals surface area contributed by atoms with Gasteiger partial charge in [0.2, 0.25) is 0 Å². The van der Waals surface area contributed by atoms with Crippen LogP contribution in [0.25, 0.3) is 0 Å². The fourth-order valence-corrected chi connectivity index (χ4v) is 3.37. The molecule has 3 aromatic carbocycles. The average molecular weight is 540 g/mol. The molecule has 3 rings (SSSR count). The summed E-state index contributed by atoms with van der Waals surface area (Å²) in [5.74, 6) is -3.13. The highest BCUT2D eigenvalue weighted by Gasteiger charge is 2.30. The Hall–Kier alpha value is -4.33. The highest BCUT2D eigenvalue weighted by Crippen LogP contribution is 2.31. The summed E-state index contributed by atoms with van der Waals surface area (Å²) in [6, 6.07) is 8.38. The second kappa shape index (κ2) is 11.2. The number of non-ortho nitro benzene ring substituents is 1. The van der Waals surface area contributed by atoms with Crippen molar-refractivity contribution in [1.82, 2.24) is 5.32 Å². The lowest BCUT2D eigenvalue weighted by Gasteiger charge is -2.22. The third-order valence-corrected chi connectivity index (χ3v) is 5.16. The number of ether oxygens (including phenoxy) is 1. The summed E-state index contributed by atoms with van der Waals surface area (Å²) in [5, 5.41) is 18.5. The fraction of sp³-hybridized carbons (Fsp3) is 0.130. The molecular formula is C23H17F5N4O4S. The first-order valence-electron chi connectivity index (χ1n) is 10.2. The molecule has 0 heterocycles. The quantitative estimate of drug-likeness (QED) is 0.156. The number of hydrogen-bond donors (Lipinski definition) is 3. The summed E-state index contributed by atoms with van der Waals surface area (Å²) in [6.07, 6.45) is -4.58. The smallest absolute Gasteiger partial charge is 0.416 e. The molecule has 37 heavy (non-hydrogen) atoms. The molecular weight excluding hydrogens is 523 g/mol. The molecule has 0 bridgehead atoms. The van der Waals surface area contributed by atoms with Crippen molar-refractivity contribution in [2.45, 2.75) is 12.2 Å². The molecule has 0 spiro atoms. The molecule has 1 unspecified atom stereocenters. The van der Waals surface area contributed by atoms with Crippen LogP contribution in [0, 0.1) is 21.7 Å². The van der Waals surface area contributed by atoms with E-state index in [1.54, 1.807) is 0 Å². The number of alkyl halides is 3. The molecule has 8 nitrogen and oxygen atoms in total. The summed E-state index contributed by atoms with van der Waals surface area (Å²) in [5.41, 5.74) is -1.23. The normalized spacial score (nSPS) is 11.8. The molecule has 194 valence electrons. The SMILES string of the molecule is COc1ccc([N+](=O)[O-])cc1NC(=S)NC(C(=O)Nc1ccc(C(F)(F)F)cc1)c1ccc(F)c(F)c1. The van der Waals surface area contributed by atoms with Crippen LogP contribution in [0.5, 0.6) is 5.75 Å². The predicted octanol–water partition coefficient (Wildman–Crippen LogP) is 5.57. The molecule has 3 N–H and O–H groups in total. The molecule has 0 aromatic heterocycles. The summed E-state index contributed by atoms with van der Waals surface area (Å²) in [6.45, 7) is 0. The topological polar surface area (TPSA) is 106 Å². The number of nitro benzene ring substituents is 1. The van der Waals surface area contributed by atoms with Gasteiger partial charge in [0.05, 0.1) is 23.3 Å². The summed E-state index contributed by atoms with van der Waals surface area (Å²) in [4.78, 5) is 23.5. The minimum atomic E-state index is -4.58. The van der Waals surface area contributed by atoms with Crippen LogP contribution in [-0.2, 0) is 11.0 Å². The molecule has 0 fully saturated rings. The van der Waals surface area contributed by atoms with E-state index < -0.39 is 40.2 Å². The van der Waals surface area contributed by atoms with Crippen molar-refractivity contribution in [3.8, 4) is 5.75 Å². The first kappa shape index (κ1) is 27.3. The van der Waals surface area contributed by atoms with Crippen molar-refractivity contribution < 1.29 is 36.4 Å². The fourth-order valence-electron chi connectivity index (χ4n) is 3.15. The Morgan fingerprint density at radius 3 is 2.24 bits per heavy atom. The van der Waals surface area contributed by atoms with Gasteiger partial charge in [-0.2, -0.15) is 13.2 Å². The van der Waals surface area contributed by atoms with E-state index in [4.69, 9.17) is 17.0 Å². The van der Waals surface area contributed by atoms with Gasteiger partial charge in [-0.05, 0) is 60.2 Å². The molecule has 0 radical (unpaired) electrons. The van der Waals surface area contributed by atoms with Crippen LogP contribution in [0.1, 0.15) is 17.2 Å². The maximum Gasteiger partial charge on any atom is 0.416 e. The van der Waals surface area contributed by atoms with Crippen molar-refractivity contribution in [2.75, 3.05) is 17.7 Å². The van der Waals surface area contributed by atoms with Crippen molar-refractivity contribution in [3.63, 3.8) is 0 Å². The van der Waals surface area contributed by atoms with E-state index in [-0.39, 0.29) is 33.5 Å². The minimum Gasteiger partial charge on any atom is -0.495 e. The third-order valence-electron chi connectivity index (χ3n) is 4.94. The van der Waals surface area contributed by atoms with Gasteiger partial charge < -0.3 is 20.7 Å².